The summed E-state index contributed by atoms with van der Waals surface area (Å²) in [6, 6.07) is 5.49. The molecule has 2 heterocycles. The molecule has 1 unspecified atom stereocenters. The highest BCUT2D eigenvalue weighted by Crippen LogP contribution is 2.33. The number of nitrogens with one attached hydrogen (secondary N) is 1. The number of carbonyl (C=O) groups excluding carboxylic acids is 1. The summed E-state index contributed by atoms with van der Waals surface area (Å²) in [7, 11) is 0. The van der Waals surface area contributed by atoms with E-state index in [1.807, 2.05) is 0 Å². The fourth-order valence-electron chi connectivity index (χ4n) is 1.48. The fraction of sp³-hybridized carbons (Fsp3) is 0.364. The summed E-state index contributed by atoms with van der Waals surface area (Å²) < 4.78 is 5.50. The van der Waals surface area contributed by atoms with E-state index in [0.717, 1.165) is 0 Å². The van der Waals surface area contributed by atoms with Crippen molar-refractivity contribution in [1.82, 2.24) is 4.98 Å². The van der Waals surface area contributed by atoms with Crippen LogP contribution in [0.5, 0.6) is 5.75 Å². The molecule has 1 aliphatic rings. The maximum atomic E-state index is 11.7. The van der Waals surface area contributed by atoms with Crippen LogP contribution in [0.15, 0.2) is 18.3 Å². The number of ether oxygens (including phenoxy) is 1. The van der Waals surface area contributed by atoms with Crippen LogP contribution in [0.2, 0.25) is 0 Å². The maximum absolute atomic E-state index is 11.7. The van der Waals surface area contributed by atoms with Gasteiger partial charge in [0.2, 0.25) is 0 Å². The van der Waals surface area contributed by atoms with Gasteiger partial charge < -0.3 is 10.1 Å². The molecule has 0 fully saturated rings. The Morgan fingerprint density at radius 3 is 3.06 bits per heavy atom. The van der Waals surface area contributed by atoms with Crippen LogP contribution in [0, 0.1) is 16.7 Å². The fourth-order valence-corrected chi connectivity index (χ4v) is 1.48. The normalized spacial score (nSPS) is 19.1. The van der Waals surface area contributed by atoms with Gasteiger partial charge in [0.25, 0.3) is 5.91 Å². The van der Waals surface area contributed by atoms with E-state index in [0.29, 0.717) is 11.6 Å². The van der Waals surface area contributed by atoms with Gasteiger partial charge in [-0.15, -0.1) is 0 Å². The van der Waals surface area contributed by atoms with Crippen molar-refractivity contribution in [2.24, 2.45) is 5.41 Å². The van der Waals surface area contributed by atoms with Gasteiger partial charge in [0.05, 0.1) is 11.5 Å². The molecule has 1 aromatic rings. The van der Waals surface area contributed by atoms with Crippen LogP contribution >= 0.6 is 0 Å². The molecule has 5 nitrogen and oxygen atoms in total. The Balaban J connectivity index is 2.36. The van der Waals surface area contributed by atoms with Gasteiger partial charge in [0.1, 0.15) is 0 Å². The van der Waals surface area contributed by atoms with E-state index in [1.165, 1.54) is 0 Å². The first-order valence-corrected chi connectivity index (χ1v) is 4.88. The Morgan fingerprint density at radius 1 is 1.62 bits per heavy atom. The molecule has 1 aromatic heterocycles. The van der Waals surface area contributed by atoms with E-state index in [-0.39, 0.29) is 5.91 Å². The summed E-state index contributed by atoms with van der Waals surface area (Å²) in [5, 5.41) is 11.6. The number of anilines is 1. The molecule has 2 rings (SSSR count). The van der Waals surface area contributed by atoms with Crippen LogP contribution in [0.3, 0.4) is 0 Å². The van der Waals surface area contributed by atoms with Gasteiger partial charge in [0.15, 0.2) is 17.7 Å². The molecule has 0 aliphatic carbocycles. The topological polar surface area (TPSA) is 75.0 Å². The first kappa shape index (κ1) is 10.4. The van der Waals surface area contributed by atoms with Crippen LogP contribution in [0.25, 0.3) is 0 Å². The molecule has 0 aromatic carbocycles. The Labute approximate surface area is 93.1 Å². The molecule has 5 heteroatoms. The van der Waals surface area contributed by atoms with Gasteiger partial charge in [0, 0.05) is 6.20 Å². The first-order valence-electron chi connectivity index (χ1n) is 4.88. The minimum atomic E-state index is -0.877. The van der Waals surface area contributed by atoms with Crippen LogP contribution in [-0.4, -0.2) is 17.0 Å². The molecule has 1 atom stereocenters. The van der Waals surface area contributed by atoms with Gasteiger partial charge in [-0.25, -0.2) is 4.98 Å². The second-order valence-electron chi connectivity index (χ2n) is 4.17. The molecule has 1 amide bonds. The third-order valence-corrected chi connectivity index (χ3v) is 2.44. The molecule has 0 saturated carbocycles. The van der Waals surface area contributed by atoms with E-state index >= 15 is 0 Å². The lowest BCUT2D eigenvalue weighted by Gasteiger charge is -2.31. The third kappa shape index (κ3) is 1.58. The lowest BCUT2D eigenvalue weighted by atomic mass is 9.87. The SMILES string of the molecule is CC(C)(C#N)C1Oc2cccnc2NC1=O. The predicted octanol–water partition coefficient (Wildman–Crippen LogP) is 1.33. The van der Waals surface area contributed by atoms with E-state index in [4.69, 9.17) is 10.00 Å². The summed E-state index contributed by atoms with van der Waals surface area (Å²) >= 11 is 0. The van der Waals surface area contributed by atoms with Crippen LogP contribution in [0.1, 0.15) is 13.8 Å². The quantitative estimate of drug-likeness (QED) is 0.770. The van der Waals surface area contributed by atoms with Crippen molar-refractivity contribution in [1.29, 1.82) is 5.26 Å². The van der Waals surface area contributed by atoms with Crippen molar-refractivity contribution in [2.75, 3.05) is 5.32 Å². The number of carbonyl (C=O) groups is 1. The van der Waals surface area contributed by atoms with Crippen LogP contribution in [-0.2, 0) is 4.79 Å². The van der Waals surface area contributed by atoms with Crippen molar-refractivity contribution in [3.8, 4) is 11.8 Å². The standard InChI is InChI=1S/C11H11N3O2/c1-11(2,6-12)8-10(15)14-9-7(16-8)4-3-5-13-9/h3-5,8H,1-2H3,(H,13,14,15). The van der Waals surface area contributed by atoms with Gasteiger partial charge in [-0.1, -0.05) is 0 Å². The molecule has 0 bridgehead atoms. The second-order valence-corrected chi connectivity index (χ2v) is 4.17. The van der Waals surface area contributed by atoms with E-state index < -0.39 is 11.5 Å². The first-order chi connectivity index (χ1) is 7.54. The van der Waals surface area contributed by atoms with Gasteiger partial charge >= 0.3 is 0 Å². The van der Waals surface area contributed by atoms with E-state index in [2.05, 4.69) is 16.4 Å². The average molecular weight is 217 g/mol. The van der Waals surface area contributed by atoms with Crippen molar-refractivity contribution in [3.63, 3.8) is 0 Å². The van der Waals surface area contributed by atoms with E-state index in [9.17, 15) is 4.79 Å². The number of pyridine rings is 1. The van der Waals surface area contributed by atoms with Crippen molar-refractivity contribution < 1.29 is 9.53 Å². The Morgan fingerprint density at radius 2 is 2.38 bits per heavy atom. The second kappa shape index (κ2) is 3.49. The molecule has 0 saturated heterocycles. The summed E-state index contributed by atoms with van der Waals surface area (Å²) in [5.74, 6) is 0.561. The highest BCUT2D eigenvalue weighted by molar-refractivity contribution is 5.97. The zero-order chi connectivity index (χ0) is 11.8. The molecule has 16 heavy (non-hydrogen) atoms. The Hall–Kier alpha value is -2.09. The molecular formula is C11H11N3O2. The predicted molar refractivity (Wildman–Crippen MR) is 56.7 cm³/mol. The van der Waals surface area contributed by atoms with Crippen molar-refractivity contribution in [2.45, 2.75) is 20.0 Å². The summed E-state index contributed by atoms with van der Waals surface area (Å²) in [6.45, 7) is 3.33. The van der Waals surface area contributed by atoms with Gasteiger partial charge in [-0.05, 0) is 26.0 Å². The van der Waals surface area contributed by atoms with Gasteiger partial charge in [-0.3, -0.25) is 4.79 Å². The molecule has 0 radical (unpaired) electrons. The lowest BCUT2D eigenvalue weighted by molar-refractivity contribution is -0.127. The number of hydrogen-bond acceptors (Lipinski definition) is 4. The average Bonchev–Trinajstić information content (AvgIpc) is 2.28. The number of rotatable bonds is 1. The number of nitrogens with zero attached hydrogens (tertiary/aromatic N) is 2. The molecular weight excluding hydrogens is 206 g/mol. The monoisotopic (exact) mass is 217 g/mol. The highest BCUT2D eigenvalue weighted by atomic mass is 16.5. The van der Waals surface area contributed by atoms with E-state index in [1.54, 1.807) is 32.2 Å². The maximum Gasteiger partial charge on any atom is 0.268 e. The zero-order valence-electron chi connectivity index (χ0n) is 9.02. The van der Waals surface area contributed by atoms with Gasteiger partial charge in [-0.2, -0.15) is 5.26 Å². The minimum absolute atomic E-state index is 0.335. The summed E-state index contributed by atoms with van der Waals surface area (Å²) in [6.07, 6.45) is 0.757. The summed E-state index contributed by atoms with van der Waals surface area (Å²) in [5.41, 5.74) is -0.877. The molecule has 1 aliphatic heterocycles. The largest absolute Gasteiger partial charge is 0.475 e. The summed E-state index contributed by atoms with van der Waals surface area (Å²) in [4.78, 5) is 15.7. The van der Waals surface area contributed by atoms with Crippen molar-refractivity contribution >= 4 is 11.7 Å². The zero-order valence-corrected chi connectivity index (χ0v) is 9.02. The smallest absolute Gasteiger partial charge is 0.268 e. The Kier molecular flexibility index (Phi) is 2.27. The number of nitriles is 1. The number of aromatic nitrogens is 1. The third-order valence-electron chi connectivity index (χ3n) is 2.44. The number of amides is 1. The van der Waals surface area contributed by atoms with Crippen LogP contribution < -0.4 is 10.1 Å². The number of fused-ring (bicyclic) bond motifs is 1. The highest BCUT2D eigenvalue weighted by Gasteiger charge is 2.41. The minimum Gasteiger partial charge on any atom is -0.475 e. The molecule has 1 N–H and O–H groups in total. The number of hydrogen-bond donors (Lipinski definition) is 1. The molecule has 0 spiro atoms. The molecule has 82 valence electrons. The van der Waals surface area contributed by atoms with Crippen molar-refractivity contribution in [3.05, 3.63) is 18.3 Å². The Bertz CT molecular complexity index is 476. The lowest BCUT2D eigenvalue weighted by Crippen LogP contribution is -2.46. The van der Waals surface area contributed by atoms with Crippen LogP contribution in [0.4, 0.5) is 5.82 Å².